The number of nitrogens with one attached hydrogen (secondary N) is 2. The summed E-state index contributed by atoms with van der Waals surface area (Å²) in [5, 5.41) is 13.7. The third kappa shape index (κ3) is 9.29. The van der Waals surface area contributed by atoms with Crippen LogP contribution >= 0.6 is 0 Å². The number of aliphatic carboxylic acids is 1. The fourth-order valence-corrected chi connectivity index (χ4v) is 3.09. The summed E-state index contributed by atoms with van der Waals surface area (Å²) < 4.78 is 21.3. The van der Waals surface area contributed by atoms with Crippen molar-refractivity contribution in [3.63, 3.8) is 0 Å². The number of esters is 3. The van der Waals surface area contributed by atoms with Crippen molar-refractivity contribution in [2.75, 3.05) is 6.61 Å². The highest BCUT2D eigenvalue weighted by atomic mass is 16.6. The van der Waals surface area contributed by atoms with E-state index in [1.54, 1.807) is 0 Å². The lowest BCUT2D eigenvalue weighted by atomic mass is 9.95. The molecule has 0 radical (unpaired) electrons. The Morgan fingerprint density at radius 2 is 1.44 bits per heavy atom. The predicted octanol–water partition coefficient (Wildman–Crippen LogP) is -0.986. The molecular weight excluding hydrogens is 432 g/mol. The molecule has 1 rings (SSSR count). The average molecular weight is 460 g/mol. The Bertz CT molecular complexity index is 739. The van der Waals surface area contributed by atoms with Crippen LogP contribution in [0, 0.1) is 0 Å². The Morgan fingerprint density at radius 3 is 1.94 bits per heavy atom. The topological polar surface area (TPSA) is 184 Å². The Hall–Kier alpha value is -3.22. The Labute approximate surface area is 184 Å². The summed E-state index contributed by atoms with van der Waals surface area (Å²) in [6.45, 7) is 4.14. The molecule has 5 atom stereocenters. The molecule has 32 heavy (non-hydrogen) atoms. The largest absolute Gasteiger partial charge is 0.481 e. The van der Waals surface area contributed by atoms with Crippen LogP contribution in [0.25, 0.3) is 0 Å². The van der Waals surface area contributed by atoms with Gasteiger partial charge in [-0.1, -0.05) is 0 Å². The molecule has 0 aliphatic carbocycles. The summed E-state index contributed by atoms with van der Waals surface area (Å²) >= 11 is 0. The van der Waals surface area contributed by atoms with Gasteiger partial charge in [0.2, 0.25) is 11.8 Å². The molecule has 1 aliphatic rings. The number of amides is 2. The number of ether oxygens (including phenoxy) is 4. The molecule has 13 nitrogen and oxygen atoms in total. The van der Waals surface area contributed by atoms with Crippen LogP contribution in [-0.2, 0) is 47.7 Å². The molecular formula is C19H28N2O11. The zero-order valence-electron chi connectivity index (χ0n) is 18.2. The number of carbonyl (C=O) groups excluding carboxylic acids is 5. The van der Waals surface area contributed by atoms with Crippen LogP contribution in [0.3, 0.4) is 0 Å². The first-order chi connectivity index (χ1) is 14.9. The predicted molar refractivity (Wildman–Crippen MR) is 104 cm³/mol. The molecule has 2 amide bonds. The second-order valence-electron chi connectivity index (χ2n) is 7.09. The van der Waals surface area contributed by atoms with Gasteiger partial charge < -0.3 is 34.7 Å². The Kier molecular flexibility index (Phi) is 10.5. The summed E-state index contributed by atoms with van der Waals surface area (Å²) in [7, 11) is 0. The minimum atomic E-state index is -1.29. The monoisotopic (exact) mass is 460 g/mol. The van der Waals surface area contributed by atoms with E-state index in [4.69, 9.17) is 24.1 Å². The summed E-state index contributed by atoms with van der Waals surface area (Å²) in [6, 6.07) is -1.17. The van der Waals surface area contributed by atoms with Crippen molar-refractivity contribution >= 4 is 35.7 Å². The maximum Gasteiger partial charge on any atom is 0.303 e. The first kappa shape index (κ1) is 26.8. The van der Waals surface area contributed by atoms with Gasteiger partial charge >= 0.3 is 23.9 Å². The zero-order chi connectivity index (χ0) is 24.4. The zero-order valence-corrected chi connectivity index (χ0v) is 18.2. The molecule has 1 aliphatic heterocycles. The lowest BCUT2D eigenvalue weighted by Gasteiger charge is -2.45. The summed E-state index contributed by atoms with van der Waals surface area (Å²) in [6.07, 6.45) is -5.31. The first-order valence-corrected chi connectivity index (χ1v) is 9.82. The van der Waals surface area contributed by atoms with E-state index < -0.39 is 72.9 Å². The molecule has 180 valence electrons. The minimum absolute atomic E-state index is 0.0546. The molecule has 0 spiro atoms. The van der Waals surface area contributed by atoms with Gasteiger partial charge in [0.15, 0.2) is 18.4 Å². The highest BCUT2D eigenvalue weighted by Gasteiger charge is 2.51. The SMILES string of the molecule is CC(=O)NC1C(NC(=O)CCCC(=O)O)OC(COC(C)=O)C(OC(C)=O)C1OC(C)=O. The van der Waals surface area contributed by atoms with Crippen LogP contribution < -0.4 is 10.6 Å². The van der Waals surface area contributed by atoms with Crippen LogP contribution in [0.15, 0.2) is 0 Å². The molecule has 13 heteroatoms. The van der Waals surface area contributed by atoms with Crippen LogP contribution in [-0.4, -0.2) is 78.0 Å². The maximum absolute atomic E-state index is 12.3. The van der Waals surface area contributed by atoms with Crippen molar-refractivity contribution in [2.24, 2.45) is 0 Å². The fraction of sp³-hybridized carbons (Fsp3) is 0.684. The van der Waals surface area contributed by atoms with Gasteiger partial charge in [-0.3, -0.25) is 28.8 Å². The summed E-state index contributed by atoms with van der Waals surface area (Å²) in [4.78, 5) is 69.4. The smallest absolute Gasteiger partial charge is 0.303 e. The standard InChI is InChI=1S/C19H28N2O11/c1-9(22)20-16-18(31-12(4)25)17(30-11(3)24)13(8-29-10(2)23)32-19(16)21-14(26)6-5-7-15(27)28/h13,16-19H,5-8H2,1-4H3,(H,20,22)(H,21,26)(H,27,28). The third-order valence-electron chi connectivity index (χ3n) is 4.21. The van der Waals surface area contributed by atoms with E-state index in [-0.39, 0.29) is 19.3 Å². The van der Waals surface area contributed by atoms with Gasteiger partial charge in [0.05, 0.1) is 0 Å². The van der Waals surface area contributed by atoms with Crippen molar-refractivity contribution in [1.82, 2.24) is 10.6 Å². The molecule has 0 aromatic rings. The molecule has 0 aromatic carbocycles. The van der Waals surface area contributed by atoms with E-state index in [1.165, 1.54) is 6.92 Å². The Morgan fingerprint density at radius 1 is 0.844 bits per heavy atom. The van der Waals surface area contributed by atoms with E-state index >= 15 is 0 Å². The number of carboxylic acid groups (broad SMARTS) is 1. The molecule has 0 saturated carbocycles. The van der Waals surface area contributed by atoms with Crippen molar-refractivity contribution in [2.45, 2.75) is 77.5 Å². The van der Waals surface area contributed by atoms with Crippen LogP contribution in [0.5, 0.6) is 0 Å². The van der Waals surface area contributed by atoms with Crippen LogP contribution in [0.4, 0.5) is 0 Å². The molecule has 3 N–H and O–H groups in total. The van der Waals surface area contributed by atoms with Gasteiger partial charge in [-0.2, -0.15) is 0 Å². The van der Waals surface area contributed by atoms with Crippen LogP contribution in [0.1, 0.15) is 47.0 Å². The van der Waals surface area contributed by atoms with Gasteiger partial charge in [-0.05, 0) is 6.42 Å². The molecule has 5 unspecified atom stereocenters. The third-order valence-corrected chi connectivity index (χ3v) is 4.21. The molecule has 0 bridgehead atoms. The highest BCUT2D eigenvalue weighted by molar-refractivity contribution is 5.77. The van der Waals surface area contributed by atoms with E-state index in [0.717, 1.165) is 20.8 Å². The van der Waals surface area contributed by atoms with Crippen LogP contribution in [0.2, 0.25) is 0 Å². The van der Waals surface area contributed by atoms with Gasteiger partial charge in [-0.25, -0.2) is 0 Å². The van der Waals surface area contributed by atoms with Gasteiger partial charge in [0, 0.05) is 40.5 Å². The highest BCUT2D eigenvalue weighted by Crippen LogP contribution is 2.26. The number of carboxylic acids is 1. The molecule has 1 saturated heterocycles. The van der Waals surface area contributed by atoms with Crippen molar-refractivity contribution in [3.05, 3.63) is 0 Å². The lowest BCUT2D eigenvalue weighted by molar-refractivity contribution is -0.228. The number of rotatable bonds is 10. The molecule has 1 fully saturated rings. The maximum atomic E-state index is 12.3. The lowest BCUT2D eigenvalue weighted by Crippen LogP contribution is -2.69. The van der Waals surface area contributed by atoms with E-state index in [1.807, 2.05) is 0 Å². The summed E-state index contributed by atoms with van der Waals surface area (Å²) in [5.74, 6) is -4.38. The number of hydrogen-bond donors (Lipinski definition) is 3. The van der Waals surface area contributed by atoms with Crippen molar-refractivity contribution in [1.29, 1.82) is 0 Å². The van der Waals surface area contributed by atoms with Crippen molar-refractivity contribution < 1.29 is 52.8 Å². The number of carbonyl (C=O) groups is 6. The van der Waals surface area contributed by atoms with E-state index in [2.05, 4.69) is 10.6 Å². The van der Waals surface area contributed by atoms with Gasteiger partial charge in [0.25, 0.3) is 0 Å². The Balaban J connectivity index is 3.21. The van der Waals surface area contributed by atoms with E-state index in [0.29, 0.717) is 0 Å². The quantitative estimate of drug-likeness (QED) is 0.269. The first-order valence-electron chi connectivity index (χ1n) is 9.82. The van der Waals surface area contributed by atoms with Gasteiger partial charge in [0.1, 0.15) is 18.8 Å². The average Bonchev–Trinajstić information content (AvgIpc) is 2.63. The molecule has 1 heterocycles. The molecule has 0 aromatic heterocycles. The summed E-state index contributed by atoms with van der Waals surface area (Å²) in [5.41, 5.74) is 0. The van der Waals surface area contributed by atoms with E-state index in [9.17, 15) is 28.8 Å². The fourth-order valence-electron chi connectivity index (χ4n) is 3.09. The van der Waals surface area contributed by atoms with Gasteiger partial charge in [-0.15, -0.1) is 0 Å². The minimum Gasteiger partial charge on any atom is -0.481 e. The second kappa shape index (κ2) is 12.6. The number of hydrogen-bond acceptors (Lipinski definition) is 10. The normalized spacial score (nSPS) is 24.6. The second-order valence-corrected chi connectivity index (χ2v) is 7.09. The van der Waals surface area contributed by atoms with Crippen molar-refractivity contribution in [3.8, 4) is 0 Å².